The first-order valence-electron chi connectivity index (χ1n) is 6.51. The molecule has 4 heteroatoms. The Balaban J connectivity index is 2.37. The van der Waals surface area contributed by atoms with E-state index in [1.54, 1.807) is 26.2 Å². The predicted molar refractivity (Wildman–Crippen MR) is 76.4 cm³/mol. The second-order valence-corrected chi connectivity index (χ2v) is 4.64. The van der Waals surface area contributed by atoms with Crippen LogP contribution in [0.5, 0.6) is 0 Å². The van der Waals surface area contributed by atoms with Gasteiger partial charge in [0.1, 0.15) is 11.6 Å². The highest BCUT2D eigenvalue weighted by atomic mass is 19.1. The second-order valence-electron chi connectivity index (χ2n) is 4.64. The summed E-state index contributed by atoms with van der Waals surface area (Å²) in [6, 6.07) is 12.5. The molecule has 0 bridgehead atoms. The van der Waals surface area contributed by atoms with E-state index in [4.69, 9.17) is 0 Å². The summed E-state index contributed by atoms with van der Waals surface area (Å²) in [7, 11) is 3.61. The third kappa shape index (κ3) is 3.21. The van der Waals surface area contributed by atoms with E-state index in [-0.39, 0.29) is 23.7 Å². The molecule has 0 fully saturated rings. The van der Waals surface area contributed by atoms with Crippen LogP contribution in [-0.4, -0.2) is 14.1 Å². The Hall–Kier alpha value is -1.78. The quantitative estimate of drug-likeness (QED) is 0.876. The summed E-state index contributed by atoms with van der Waals surface area (Å²) in [5.41, 5.74) is 1.63. The van der Waals surface area contributed by atoms with E-state index in [0.717, 1.165) is 11.1 Å². The molecule has 0 aliphatic heterocycles. The third-order valence-corrected chi connectivity index (χ3v) is 3.37. The summed E-state index contributed by atoms with van der Waals surface area (Å²) in [6.45, 7) is 0. The lowest BCUT2D eigenvalue weighted by Gasteiger charge is -2.27. The summed E-state index contributed by atoms with van der Waals surface area (Å²) in [5, 5.41) is 6.33. The van der Waals surface area contributed by atoms with E-state index in [2.05, 4.69) is 10.6 Å². The molecule has 2 aromatic rings. The van der Waals surface area contributed by atoms with Crippen LogP contribution < -0.4 is 10.6 Å². The molecule has 0 heterocycles. The minimum atomic E-state index is -0.281. The molecule has 2 unspecified atom stereocenters. The van der Waals surface area contributed by atoms with Crippen molar-refractivity contribution in [3.63, 3.8) is 0 Å². The highest BCUT2D eigenvalue weighted by Gasteiger charge is 2.22. The van der Waals surface area contributed by atoms with Crippen molar-refractivity contribution in [1.82, 2.24) is 10.6 Å². The molecule has 0 radical (unpaired) electrons. The van der Waals surface area contributed by atoms with Gasteiger partial charge in [0, 0.05) is 0 Å². The fourth-order valence-electron chi connectivity index (χ4n) is 2.45. The Labute approximate surface area is 117 Å². The summed E-state index contributed by atoms with van der Waals surface area (Å²) >= 11 is 0. The van der Waals surface area contributed by atoms with Crippen LogP contribution in [0.4, 0.5) is 8.78 Å². The molecular weight excluding hydrogens is 258 g/mol. The average molecular weight is 276 g/mol. The van der Waals surface area contributed by atoms with E-state index in [0.29, 0.717) is 0 Å². The summed E-state index contributed by atoms with van der Waals surface area (Å²) < 4.78 is 26.8. The molecule has 2 rings (SSSR count). The molecule has 0 aliphatic rings. The van der Waals surface area contributed by atoms with Gasteiger partial charge in [-0.3, -0.25) is 0 Å². The van der Waals surface area contributed by atoms with Crippen molar-refractivity contribution in [2.24, 2.45) is 0 Å². The van der Waals surface area contributed by atoms with Crippen LogP contribution in [-0.2, 0) is 0 Å². The number of rotatable bonds is 5. The van der Waals surface area contributed by atoms with Crippen LogP contribution in [0.1, 0.15) is 23.2 Å². The number of hydrogen-bond acceptors (Lipinski definition) is 2. The molecule has 2 atom stereocenters. The predicted octanol–water partition coefficient (Wildman–Crippen LogP) is 3.19. The first kappa shape index (κ1) is 14.6. The molecule has 106 valence electrons. The molecule has 0 aliphatic carbocycles. The zero-order chi connectivity index (χ0) is 14.5. The van der Waals surface area contributed by atoms with Gasteiger partial charge in [-0.2, -0.15) is 0 Å². The molecule has 0 saturated heterocycles. The lowest BCUT2D eigenvalue weighted by Crippen LogP contribution is -2.32. The van der Waals surface area contributed by atoms with Crippen LogP contribution in [0.2, 0.25) is 0 Å². The summed E-state index contributed by atoms with van der Waals surface area (Å²) in [6.07, 6.45) is 0. The van der Waals surface area contributed by atoms with Crippen molar-refractivity contribution >= 4 is 0 Å². The topological polar surface area (TPSA) is 24.1 Å². The largest absolute Gasteiger partial charge is 0.311 e. The maximum Gasteiger partial charge on any atom is 0.123 e. The number of hydrogen-bond donors (Lipinski definition) is 2. The average Bonchev–Trinajstić information content (AvgIpc) is 2.44. The first-order chi connectivity index (χ1) is 9.65. The number of benzene rings is 2. The monoisotopic (exact) mass is 276 g/mol. The second kappa shape index (κ2) is 6.59. The van der Waals surface area contributed by atoms with E-state index >= 15 is 0 Å². The van der Waals surface area contributed by atoms with Crippen LogP contribution in [0.25, 0.3) is 0 Å². The van der Waals surface area contributed by atoms with Crippen molar-refractivity contribution in [2.75, 3.05) is 14.1 Å². The van der Waals surface area contributed by atoms with Gasteiger partial charge in [-0.15, -0.1) is 0 Å². The smallest absolute Gasteiger partial charge is 0.123 e. The van der Waals surface area contributed by atoms with Gasteiger partial charge in [0.15, 0.2) is 0 Å². The maximum atomic E-state index is 13.4. The Bertz CT molecular complexity index is 520. The Kier molecular flexibility index (Phi) is 4.82. The standard InChI is InChI=1S/C16H18F2N2/c1-19-15(11-5-3-7-13(17)9-11)16(20-2)12-6-4-8-14(18)10-12/h3-10,15-16,19-20H,1-2H3. The molecule has 0 aromatic heterocycles. The van der Waals surface area contributed by atoms with Crippen molar-refractivity contribution < 1.29 is 8.78 Å². The lowest BCUT2D eigenvalue weighted by molar-refractivity contribution is 0.428. The third-order valence-electron chi connectivity index (χ3n) is 3.37. The Morgan fingerprint density at radius 1 is 0.750 bits per heavy atom. The van der Waals surface area contributed by atoms with Gasteiger partial charge in [-0.05, 0) is 49.5 Å². The highest BCUT2D eigenvalue weighted by Crippen LogP contribution is 2.29. The fourth-order valence-corrected chi connectivity index (χ4v) is 2.45. The minimum Gasteiger partial charge on any atom is -0.311 e. The number of nitrogens with one attached hydrogen (secondary N) is 2. The summed E-state index contributed by atoms with van der Waals surface area (Å²) in [5.74, 6) is -0.561. The molecule has 0 spiro atoms. The Morgan fingerprint density at radius 3 is 1.45 bits per heavy atom. The highest BCUT2D eigenvalue weighted by molar-refractivity contribution is 5.28. The molecule has 0 saturated carbocycles. The van der Waals surface area contributed by atoms with Crippen molar-refractivity contribution in [2.45, 2.75) is 12.1 Å². The van der Waals surface area contributed by atoms with Gasteiger partial charge in [0.05, 0.1) is 12.1 Å². The van der Waals surface area contributed by atoms with Gasteiger partial charge < -0.3 is 10.6 Å². The minimum absolute atomic E-state index is 0.155. The van der Waals surface area contributed by atoms with Crippen molar-refractivity contribution in [3.05, 3.63) is 71.3 Å². The van der Waals surface area contributed by atoms with E-state index in [9.17, 15) is 8.78 Å². The van der Waals surface area contributed by atoms with Gasteiger partial charge in [0.2, 0.25) is 0 Å². The Morgan fingerprint density at radius 2 is 1.15 bits per heavy atom. The number of likely N-dealkylation sites (N-methyl/N-ethyl adjacent to an activating group) is 2. The van der Waals surface area contributed by atoms with Gasteiger partial charge in [0.25, 0.3) is 0 Å². The van der Waals surface area contributed by atoms with Crippen LogP contribution >= 0.6 is 0 Å². The lowest BCUT2D eigenvalue weighted by atomic mass is 9.93. The van der Waals surface area contributed by atoms with E-state index < -0.39 is 0 Å². The molecule has 2 aromatic carbocycles. The molecule has 2 nitrogen and oxygen atoms in total. The molecular formula is C16H18F2N2. The van der Waals surface area contributed by atoms with Gasteiger partial charge in [-0.25, -0.2) is 8.78 Å². The normalized spacial score (nSPS) is 14.0. The van der Waals surface area contributed by atoms with Gasteiger partial charge in [-0.1, -0.05) is 24.3 Å². The van der Waals surface area contributed by atoms with Crippen LogP contribution in [0.3, 0.4) is 0 Å². The first-order valence-corrected chi connectivity index (χ1v) is 6.51. The van der Waals surface area contributed by atoms with Crippen LogP contribution in [0.15, 0.2) is 48.5 Å². The maximum absolute atomic E-state index is 13.4. The zero-order valence-corrected chi connectivity index (χ0v) is 11.5. The van der Waals surface area contributed by atoms with Crippen LogP contribution in [0, 0.1) is 11.6 Å². The zero-order valence-electron chi connectivity index (χ0n) is 11.5. The molecule has 2 N–H and O–H groups in total. The number of halogens is 2. The van der Waals surface area contributed by atoms with Crippen molar-refractivity contribution in [3.8, 4) is 0 Å². The summed E-state index contributed by atoms with van der Waals surface area (Å²) in [4.78, 5) is 0. The molecule has 20 heavy (non-hydrogen) atoms. The van der Waals surface area contributed by atoms with Gasteiger partial charge >= 0.3 is 0 Å². The van der Waals surface area contributed by atoms with E-state index in [1.165, 1.54) is 24.3 Å². The van der Waals surface area contributed by atoms with E-state index in [1.807, 2.05) is 12.1 Å². The SMILES string of the molecule is CNC(c1cccc(F)c1)C(NC)c1cccc(F)c1. The van der Waals surface area contributed by atoms with Crippen molar-refractivity contribution in [1.29, 1.82) is 0 Å². The fraction of sp³-hybridized carbons (Fsp3) is 0.250. The molecule has 0 amide bonds.